The minimum absolute atomic E-state index is 0.0294. The van der Waals surface area contributed by atoms with Gasteiger partial charge in [-0.2, -0.15) is 0 Å². The average molecular weight is 1790 g/mol. The maximum absolute atomic E-state index is 14.1. The van der Waals surface area contributed by atoms with Crippen LogP contribution in [0.3, 0.4) is 0 Å². The lowest BCUT2D eigenvalue weighted by Crippen LogP contribution is -2.55. The number of carboxylic acid groups (broad SMARTS) is 2. The Hall–Kier alpha value is -9.97. The number of anilines is 1. The molecule has 0 radical (unpaired) electrons. The van der Waals surface area contributed by atoms with Crippen molar-refractivity contribution in [2.45, 2.75) is 186 Å². The Morgan fingerprint density at radius 2 is 0.808 bits per heavy atom. The number of hydrogen-bond donors (Lipinski definition) is 15. The lowest BCUT2D eigenvalue weighted by molar-refractivity contribution is -0.142. The molecule has 0 aliphatic carbocycles. The molecule has 4 rings (SSSR count). The molecule has 3 aromatic rings. The Bertz CT molecular complexity index is 3850. The summed E-state index contributed by atoms with van der Waals surface area (Å²) < 4.78 is 34.3. The van der Waals surface area contributed by atoms with Crippen molar-refractivity contribution in [3.05, 3.63) is 111 Å². The van der Waals surface area contributed by atoms with E-state index < -0.39 is 114 Å². The predicted octanol–water partition coefficient (Wildman–Crippen LogP) is 2.33. The SMILES string of the molecule is Cc1ccc(NC(=O)[C@H](C)NC(=O)[C@@H](NC(=O)CN2C(=O)C(SCCOCCOCCOCCNC(=O)[C@H](CCc3ccccc3)NC(=O)CNC(=O)CCCCCCCNC(=O)CCC(N)C(=O)O)=C(SCCOCCOCCOCCNC(=O)[C@H](Cc3ccccc3)NC(=O)CNC(=O)CCCCCCCNC(=O)CCC(N)C(=O)O)C2=O)C(C)C)cc1. The number of nitrogens with zero attached hydrogens (tertiary/aromatic N) is 1. The highest BCUT2D eigenvalue weighted by Crippen LogP contribution is 2.36. The molecule has 3 aromatic carbocycles. The molecular formula is C86H130N14O23S2. The standard InChI is InChI=1S/C86H130N14O23S2/c1-59(2)76(82(111)95-61(4)79(108)96-64-30-27-60(3)28-31-64)99-75(107)58-100-83(112)77(124-53-51-122-49-47-120-45-43-118-41-39-91-80(109)67(34-29-62-21-13-11-14-22-62)97-73(105)56-93-69(101)25-17-7-5-9-19-37-89-71(103)35-32-65(87)85(114)115)78(84(100)113)125-54-52-123-50-48-121-46-44-119-42-40-92-81(110)68(55-63-23-15-12-16-24-63)98-74(106)57-94-70(102)26-18-8-6-10-20-38-90-72(104)36-33-66(88)86(116)117/h11-16,21-24,27-28,30-31,59,61,65-68,76H,5-10,17-20,25-26,29,32-58,87-88H2,1-4H3,(H,89,103)(H,90,104)(H,91,109)(H,92,110)(H,93,101)(H,94,102)(H,95,111)(H,96,108)(H,97,105)(H,98,106)(H,99,107)(H,114,115)(H,116,117)/t61-,65?,66?,67-,68-,76-/m0/s1. The van der Waals surface area contributed by atoms with Crippen LogP contribution in [0.5, 0.6) is 0 Å². The number of carbonyl (C=O) groups is 15. The molecule has 0 aromatic heterocycles. The van der Waals surface area contributed by atoms with Crippen molar-refractivity contribution < 1.29 is 111 Å². The number of aryl methyl sites for hydroxylation is 2. The highest BCUT2D eigenvalue weighted by molar-refractivity contribution is 8.08. The average Bonchev–Trinajstić information content (AvgIpc) is 1.64. The third kappa shape index (κ3) is 48.9. The monoisotopic (exact) mass is 1790 g/mol. The maximum atomic E-state index is 14.1. The second-order valence-electron chi connectivity index (χ2n) is 29.9. The number of rotatable bonds is 71. The van der Waals surface area contributed by atoms with Gasteiger partial charge in [-0.3, -0.25) is 76.8 Å². The summed E-state index contributed by atoms with van der Waals surface area (Å²) in [6.45, 7) is 8.58. The fourth-order valence-corrected chi connectivity index (χ4v) is 14.0. The topological polar surface area (TPSA) is 539 Å². The van der Waals surface area contributed by atoms with E-state index in [0.717, 1.165) is 96.5 Å². The third-order valence-electron chi connectivity index (χ3n) is 19.1. The first-order chi connectivity index (χ1) is 60.1. The van der Waals surface area contributed by atoms with E-state index in [2.05, 4.69) is 58.5 Å². The summed E-state index contributed by atoms with van der Waals surface area (Å²) in [5.74, 6) is -8.78. The van der Waals surface area contributed by atoms with E-state index in [1.54, 1.807) is 26.0 Å². The molecule has 125 heavy (non-hydrogen) atoms. The summed E-state index contributed by atoms with van der Waals surface area (Å²) >= 11 is 2.15. The number of hydrogen-bond acceptors (Lipinski definition) is 25. The van der Waals surface area contributed by atoms with E-state index in [9.17, 15) is 71.9 Å². The Labute approximate surface area is 739 Å². The first-order valence-electron chi connectivity index (χ1n) is 42.7. The third-order valence-corrected chi connectivity index (χ3v) is 21.3. The highest BCUT2D eigenvalue weighted by Gasteiger charge is 2.41. The molecule has 1 heterocycles. The van der Waals surface area contributed by atoms with E-state index in [1.165, 1.54) is 6.92 Å². The Morgan fingerprint density at radius 3 is 1.26 bits per heavy atom. The first kappa shape index (κ1) is 107. The minimum atomic E-state index is -1.16. The van der Waals surface area contributed by atoms with Crippen LogP contribution in [0.25, 0.3) is 0 Å². The molecule has 37 nitrogen and oxygen atoms in total. The minimum Gasteiger partial charge on any atom is -0.480 e. The molecule has 6 atom stereocenters. The molecule has 0 fully saturated rings. The van der Waals surface area contributed by atoms with Crippen LogP contribution in [0.4, 0.5) is 5.69 Å². The van der Waals surface area contributed by atoms with E-state index >= 15 is 0 Å². The van der Waals surface area contributed by atoms with Crippen molar-refractivity contribution in [1.29, 1.82) is 0 Å². The van der Waals surface area contributed by atoms with Crippen LogP contribution >= 0.6 is 23.5 Å². The van der Waals surface area contributed by atoms with Crippen molar-refractivity contribution in [2.24, 2.45) is 17.4 Å². The zero-order chi connectivity index (χ0) is 91.4. The van der Waals surface area contributed by atoms with Gasteiger partial charge in [0.05, 0.1) is 102 Å². The Balaban J connectivity index is 1.17. The van der Waals surface area contributed by atoms with Crippen LogP contribution in [0.15, 0.2) is 94.7 Å². The zero-order valence-electron chi connectivity index (χ0n) is 72.3. The van der Waals surface area contributed by atoms with Crippen LogP contribution in [0, 0.1) is 12.8 Å². The van der Waals surface area contributed by atoms with Gasteiger partial charge in [-0.15, -0.1) is 23.5 Å². The number of nitrogens with one attached hydrogen (secondary N) is 11. The fraction of sp³-hybridized carbons (Fsp3) is 0.593. The quantitative estimate of drug-likeness (QED) is 0.0285. The lowest BCUT2D eigenvalue weighted by atomic mass is 10.0. The number of amides is 13. The molecule has 2 unspecified atom stereocenters. The summed E-state index contributed by atoms with van der Waals surface area (Å²) in [6, 6.07) is 19.5. The van der Waals surface area contributed by atoms with Gasteiger partial charge in [0.2, 0.25) is 65.0 Å². The van der Waals surface area contributed by atoms with E-state index in [0.29, 0.717) is 44.5 Å². The largest absolute Gasteiger partial charge is 0.480 e. The number of unbranched alkanes of at least 4 members (excludes halogenated alkanes) is 8. The van der Waals surface area contributed by atoms with Crippen LogP contribution < -0.4 is 70.0 Å². The fourth-order valence-electron chi connectivity index (χ4n) is 12.0. The van der Waals surface area contributed by atoms with Gasteiger partial charge >= 0.3 is 11.9 Å². The number of nitrogens with two attached hydrogens (primary N) is 2. The molecule has 13 amide bonds. The van der Waals surface area contributed by atoms with Gasteiger partial charge in [0.15, 0.2) is 0 Å². The van der Waals surface area contributed by atoms with Gasteiger partial charge in [-0.1, -0.05) is 131 Å². The molecule has 39 heteroatoms. The summed E-state index contributed by atoms with van der Waals surface area (Å²) in [5.41, 5.74) is 14.2. The van der Waals surface area contributed by atoms with Gasteiger partial charge in [0.25, 0.3) is 11.8 Å². The molecule has 1 aliphatic rings. The van der Waals surface area contributed by atoms with Crippen LogP contribution in [0.1, 0.15) is 147 Å². The van der Waals surface area contributed by atoms with Gasteiger partial charge in [0, 0.05) is 75.5 Å². The van der Waals surface area contributed by atoms with Crippen molar-refractivity contribution >= 4 is 118 Å². The number of ether oxygens (including phenoxy) is 6. The molecular weight excluding hydrogens is 1660 g/mol. The molecule has 0 spiro atoms. The van der Waals surface area contributed by atoms with E-state index in [1.807, 2.05) is 79.7 Å². The van der Waals surface area contributed by atoms with E-state index in [-0.39, 0.29) is 195 Å². The molecule has 17 N–H and O–H groups in total. The van der Waals surface area contributed by atoms with Crippen LogP contribution in [-0.2, 0) is 113 Å². The number of benzene rings is 3. The van der Waals surface area contributed by atoms with Crippen molar-refractivity contribution in [3.8, 4) is 0 Å². The first-order valence-corrected chi connectivity index (χ1v) is 44.6. The van der Waals surface area contributed by atoms with Crippen LogP contribution in [0.2, 0.25) is 0 Å². The summed E-state index contributed by atoms with van der Waals surface area (Å²) in [5, 5.41) is 47.6. The zero-order valence-corrected chi connectivity index (χ0v) is 73.9. The van der Waals surface area contributed by atoms with Gasteiger partial charge in [0.1, 0.15) is 42.8 Å². The van der Waals surface area contributed by atoms with Gasteiger partial charge in [-0.05, 0) is 94.4 Å². The second kappa shape index (κ2) is 64.7. The molecule has 0 saturated carbocycles. The molecule has 1 aliphatic heterocycles. The summed E-state index contributed by atoms with van der Waals surface area (Å²) in [6.07, 6.45) is 8.99. The van der Waals surface area contributed by atoms with Crippen LogP contribution in [-0.4, -0.2) is 277 Å². The lowest BCUT2D eigenvalue weighted by Gasteiger charge is -2.25. The van der Waals surface area contributed by atoms with Crippen molar-refractivity contribution in [2.75, 3.05) is 142 Å². The molecule has 694 valence electrons. The van der Waals surface area contributed by atoms with E-state index in [4.69, 9.17) is 50.1 Å². The van der Waals surface area contributed by atoms with Crippen molar-refractivity contribution in [3.63, 3.8) is 0 Å². The number of imide groups is 1. The summed E-state index contributed by atoms with van der Waals surface area (Å²) in [4.78, 5) is 193. The Kier molecular flexibility index (Phi) is 55.6. The molecule has 0 bridgehead atoms. The predicted molar refractivity (Wildman–Crippen MR) is 470 cm³/mol. The number of carboxylic acids is 2. The number of carbonyl (C=O) groups excluding carboxylic acids is 13. The number of aliphatic carboxylic acids is 2. The highest BCUT2D eigenvalue weighted by atomic mass is 32.2. The number of thioether (sulfide) groups is 2. The maximum Gasteiger partial charge on any atom is 0.320 e. The van der Waals surface area contributed by atoms with Gasteiger partial charge in [-0.25, -0.2) is 0 Å². The Morgan fingerprint density at radius 1 is 0.400 bits per heavy atom. The van der Waals surface area contributed by atoms with Crippen molar-refractivity contribution in [1.82, 2.24) is 58.1 Å². The van der Waals surface area contributed by atoms with Gasteiger partial charge < -0.3 is 109 Å². The smallest absolute Gasteiger partial charge is 0.320 e. The normalized spacial score (nSPS) is 13.3. The molecule has 0 saturated heterocycles. The summed E-state index contributed by atoms with van der Waals surface area (Å²) in [7, 11) is 0. The second-order valence-corrected chi connectivity index (χ2v) is 32.1.